The van der Waals surface area contributed by atoms with Crippen LogP contribution >= 0.6 is 0 Å². The summed E-state index contributed by atoms with van der Waals surface area (Å²) in [7, 11) is 1.81. The van der Waals surface area contributed by atoms with Crippen LogP contribution in [0.2, 0.25) is 0 Å². The van der Waals surface area contributed by atoms with Crippen LogP contribution in [0, 0.1) is 0 Å². The van der Waals surface area contributed by atoms with E-state index in [2.05, 4.69) is 10.2 Å². The molecule has 1 aliphatic heterocycles. The lowest BCUT2D eigenvalue weighted by molar-refractivity contribution is -0.140. The topological polar surface area (TPSA) is 58.2 Å². The zero-order valence-corrected chi connectivity index (χ0v) is 12.1. The number of hydrogen-bond acceptors (Lipinski definition) is 3. The van der Waals surface area contributed by atoms with E-state index in [-0.39, 0.29) is 12.0 Å². The van der Waals surface area contributed by atoms with Crippen LogP contribution in [0.1, 0.15) is 18.4 Å². The quantitative estimate of drug-likeness (QED) is 0.937. The molecular formula is C16H19N3O2. The molecule has 0 bridgehead atoms. The molecule has 1 amide bonds. The number of likely N-dealkylation sites (N-methyl/N-ethyl adjacent to an activating group) is 1. The number of aromatic amines is 1. The Morgan fingerprint density at radius 1 is 1.43 bits per heavy atom. The summed E-state index contributed by atoms with van der Waals surface area (Å²) in [5.74, 6) is 0.0488. The first-order chi connectivity index (χ1) is 10.3. The first kappa shape index (κ1) is 13.8. The Hall–Kier alpha value is -2.14. The number of carbonyl (C=O) groups is 1. The normalized spacial score (nSPS) is 17.9. The molecule has 1 fully saturated rings. The van der Waals surface area contributed by atoms with Crippen LogP contribution in [-0.4, -0.2) is 40.8 Å². The highest BCUT2D eigenvalue weighted by Crippen LogP contribution is 2.22. The summed E-state index contributed by atoms with van der Waals surface area (Å²) in [6.45, 7) is 1.21. The highest BCUT2D eigenvalue weighted by atomic mass is 16.5. The monoisotopic (exact) mass is 285 g/mol. The summed E-state index contributed by atoms with van der Waals surface area (Å²) in [5.41, 5.74) is 3.04. The van der Waals surface area contributed by atoms with E-state index in [1.807, 2.05) is 37.4 Å². The minimum Gasteiger partial charge on any atom is -0.368 e. The lowest BCUT2D eigenvalue weighted by atomic mass is 10.1. The van der Waals surface area contributed by atoms with Gasteiger partial charge in [0.25, 0.3) is 5.91 Å². The highest BCUT2D eigenvalue weighted by molar-refractivity contribution is 5.81. The van der Waals surface area contributed by atoms with Crippen LogP contribution in [0.15, 0.2) is 36.5 Å². The molecule has 110 valence electrons. The van der Waals surface area contributed by atoms with Crippen LogP contribution in [0.5, 0.6) is 0 Å². The molecule has 5 heteroatoms. The van der Waals surface area contributed by atoms with Crippen molar-refractivity contribution in [2.45, 2.75) is 25.5 Å². The fourth-order valence-corrected chi connectivity index (χ4v) is 2.64. The Balaban J connectivity index is 1.73. The van der Waals surface area contributed by atoms with Gasteiger partial charge in [0.15, 0.2) is 0 Å². The number of H-pyrrole nitrogens is 1. The third kappa shape index (κ3) is 2.97. The van der Waals surface area contributed by atoms with E-state index in [4.69, 9.17) is 4.74 Å². The van der Waals surface area contributed by atoms with Crippen molar-refractivity contribution in [3.05, 3.63) is 42.1 Å². The number of rotatable bonds is 4. The smallest absolute Gasteiger partial charge is 0.251 e. The van der Waals surface area contributed by atoms with Gasteiger partial charge in [0.2, 0.25) is 0 Å². The predicted octanol–water partition coefficient (Wildman–Crippen LogP) is 2.21. The maximum atomic E-state index is 12.3. The Bertz CT molecular complexity index is 603. The number of carbonyl (C=O) groups excluding carboxylic acids is 1. The number of nitrogens with zero attached hydrogens (tertiary/aromatic N) is 2. The summed E-state index contributed by atoms with van der Waals surface area (Å²) in [6.07, 6.45) is 3.29. The van der Waals surface area contributed by atoms with Crippen molar-refractivity contribution < 1.29 is 9.53 Å². The van der Waals surface area contributed by atoms with Crippen LogP contribution in [0.3, 0.4) is 0 Å². The van der Waals surface area contributed by atoms with Gasteiger partial charge in [-0.1, -0.05) is 30.3 Å². The largest absolute Gasteiger partial charge is 0.368 e. The molecule has 1 aliphatic rings. The van der Waals surface area contributed by atoms with Gasteiger partial charge in [0.05, 0.1) is 11.9 Å². The Morgan fingerprint density at radius 2 is 2.24 bits per heavy atom. The Morgan fingerprint density at radius 3 is 2.95 bits per heavy atom. The highest BCUT2D eigenvalue weighted by Gasteiger charge is 2.26. The van der Waals surface area contributed by atoms with Gasteiger partial charge in [-0.2, -0.15) is 5.10 Å². The van der Waals surface area contributed by atoms with Crippen molar-refractivity contribution in [3.8, 4) is 11.3 Å². The van der Waals surface area contributed by atoms with Gasteiger partial charge in [-0.25, -0.2) is 0 Å². The lowest BCUT2D eigenvalue weighted by Gasteiger charge is -2.20. The molecule has 1 unspecified atom stereocenters. The molecule has 5 nitrogen and oxygen atoms in total. The van der Waals surface area contributed by atoms with E-state index in [9.17, 15) is 4.79 Å². The molecule has 1 aromatic heterocycles. The second-order valence-corrected chi connectivity index (χ2v) is 5.33. The zero-order chi connectivity index (χ0) is 14.7. The SMILES string of the molecule is CN(Cc1cn[nH]c1-c1ccccc1)C(=O)C1CCCO1. The molecular weight excluding hydrogens is 266 g/mol. The fourth-order valence-electron chi connectivity index (χ4n) is 2.64. The van der Waals surface area contributed by atoms with Crippen LogP contribution in [0.4, 0.5) is 0 Å². The maximum absolute atomic E-state index is 12.3. The van der Waals surface area contributed by atoms with Crippen molar-refractivity contribution in [2.24, 2.45) is 0 Å². The minimum atomic E-state index is -0.276. The summed E-state index contributed by atoms with van der Waals surface area (Å²) >= 11 is 0. The number of benzene rings is 1. The van der Waals surface area contributed by atoms with Gasteiger partial charge >= 0.3 is 0 Å². The van der Waals surface area contributed by atoms with Crippen molar-refractivity contribution in [1.82, 2.24) is 15.1 Å². The summed E-state index contributed by atoms with van der Waals surface area (Å²) in [6, 6.07) is 10.0. The number of aromatic nitrogens is 2. The average molecular weight is 285 g/mol. The van der Waals surface area contributed by atoms with Crippen molar-refractivity contribution in [3.63, 3.8) is 0 Å². The van der Waals surface area contributed by atoms with Gasteiger partial charge < -0.3 is 9.64 Å². The molecule has 1 N–H and O–H groups in total. The third-order valence-corrected chi connectivity index (χ3v) is 3.77. The fraction of sp³-hybridized carbons (Fsp3) is 0.375. The lowest BCUT2D eigenvalue weighted by Crippen LogP contribution is -2.35. The van der Waals surface area contributed by atoms with Crippen molar-refractivity contribution in [1.29, 1.82) is 0 Å². The molecule has 2 aromatic rings. The van der Waals surface area contributed by atoms with E-state index < -0.39 is 0 Å². The molecule has 3 rings (SSSR count). The Kier molecular flexibility index (Phi) is 4.01. The van der Waals surface area contributed by atoms with Crippen molar-refractivity contribution in [2.75, 3.05) is 13.7 Å². The van der Waals surface area contributed by atoms with Gasteiger partial charge in [0.1, 0.15) is 6.10 Å². The summed E-state index contributed by atoms with van der Waals surface area (Å²) in [5, 5.41) is 7.13. The molecule has 0 aliphatic carbocycles. The number of nitrogens with one attached hydrogen (secondary N) is 1. The zero-order valence-electron chi connectivity index (χ0n) is 12.1. The van der Waals surface area contributed by atoms with Gasteiger partial charge in [-0.05, 0) is 18.4 Å². The van der Waals surface area contributed by atoms with Crippen LogP contribution in [-0.2, 0) is 16.1 Å². The Labute approximate surface area is 123 Å². The van der Waals surface area contributed by atoms with Crippen LogP contribution in [0.25, 0.3) is 11.3 Å². The van der Waals surface area contributed by atoms with E-state index in [0.717, 1.165) is 29.7 Å². The molecule has 21 heavy (non-hydrogen) atoms. The number of amides is 1. The molecule has 0 saturated carbocycles. The van der Waals surface area contributed by atoms with E-state index in [0.29, 0.717) is 13.2 Å². The molecule has 1 atom stereocenters. The number of ether oxygens (including phenoxy) is 1. The second kappa shape index (κ2) is 6.10. The average Bonchev–Trinajstić information content (AvgIpc) is 3.19. The summed E-state index contributed by atoms with van der Waals surface area (Å²) < 4.78 is 5.46. The van der Waals surface area contributed by atoms with Gasteiger partial charge in [-0.15, -0.1) is 0 Å². The second-order valence-electron chi connectivity index (χ2n) is 5.33. The molecule has 1 saturated heterocycles. The minimum absolute atomic E-state index is 0.0488. The first-order valence-electron chi connectivity index (χ1n) is 7.20. The molecule has 0 radical (unpaired) electrons. The van der Waals surface area contributed by atoms with Gasteiger partial charge in [-0.3, -0.25) is 9.89 Å². The first-order valence-corrected chi connectivity index (χ1v) is 7.20. The van der Waals surface area contributed by atoms with Crippen molar-refractivity contribution >= 4 is 5.91 Å². The third-order valence-electron chi connectivity index (χ3n) is 3.77. The van der Waals surface area contributed by atoms with Crippen LogP contribution < -0.4 is 0 Å². The molecule has 0 spiro atoms. The van der Waals surface area contributed by atoms with Gasteiger partial charge in [0, 0.05) is 25.8 Å². The molecule has 2 heterocycles. The predicted molar refractivity (Wildman–Crippen MR) is 79.5 cm³/mol. The van der Waals surface area contributed by atoms with E-state index in [1.54, 1.807) is 11.1 Å². The summed E-state index contributed by atoms with van der Waals surface area (Å²) in [4.78, 5) is 14.0. The number of hydrogen-bond donors (Lipinski definition) is 1. The standard InChI is InChI=1S/C16H19N3O2/c1-19(16(20)14-8-5-9-21-14)11-13-10-17-18-15(13)12-6-3-2-4-7-12/h2-4,6-7,10,14H,5,8-9,11H2,1H3,(H,17,18). The molecule has 1 aromatic carbocycles. The van der Waals surface area contributed by atoms with E-state index in [1.165, 1.54) is 0 Å². The maximum Gasteiger partial charge on any atom is 0.251 e. The van der Waals surface area contributed by atoms with E-state index >= 15 is 0 Å².